The molecular formula is C14H25N3O. The van der Waals surface area contributed by atoms with Gasteiger partial charge in [-0.05, 0) is 37.8 Å². The maximum atomic E-state index is 5.73. The first kappa shape index (κ1) is 15.1. The van der Waals surface area contributed by atoms with Crippen molar-refractivity contribution < 1.29 is 4.74 Å². The van der Waals surface area contributed by atoms with Gasteiger partial charge in [-0.25, -0.2) is 9.97 Å². The van der Waals surface area contributed by atoms with Crippen LogP contribution in [0.2, 0.25) is 0 Å². The highest BCUT2D eigenvalue weighted by molar-refractivity contribution is 5.28. The van der Waals surface area contributed by atoms with Crippen LogP contribution in [0.4, 0.5) is 0 Å². The molecule has 0 saturated carbocycles. The minimum absolute atomic E-state index is 0.0513. The van der Waals surface area contributed by atoms with Crippen LogP contribution in [0, 0.1) is 19.8 Å². The lowest BCUT2D eigenvalue weighted by atomic mass is 9.97. The average molecular weight is 251 g/mol. The lowest BCUT2D eigenvalue weighted by Crippen LogP contribution is -2.18. The Kier molecular flexibility index (Phi) is 5.23. The van der Waals surface area contributed by atoms with Gasteiger partial charge in [-0.3, -0.25) is 0 Å². The van der Waals surface area contributed by atoms with Gasteiger partial charge >= 0.3 is 0 Å². The van der Waals surface area contributed by atoms with E-state index in [9.17, 15) is 0 Å². The Balaban J connectivity index is 3.21. The van der Waals surface area contributed by atoms with E-state index in [1.807, 2.05) is 13.8 Å². The molecule has 1 rings (SSSR count). The Hall–Kier alpha value is -1.00. The van der Waals surface area contributed by atoms with Crippen LogP contribution < -0.4 is 5.73 Å². The zero-order chi connectivity index (χ0) is 13.9. The summed E-state index contributed by atoms with van der Waals surface area (Å²) in [5, 5.41) is 0. The van der Waals surface area contributed by atoms with E-state index in [0.717, 1.165) is 17.2 Å². The quantitative estimate of drug-likeness (QED) is 0.873. The van der Waals surface area contributed by atoms with Gasteiger partial charge in [0.05, 0.1) is 0 Å². The van der Waals surface area contributed by atoms with Gasteiger partial charge in [0, 0.05) is 18.5 Å². The number of hydrogen-bond acceptors (Lipinski definition) is 4. The largest absolute Gasteiger partial charge is 0.373 e. The molecule has 2 unspecified atom stereocenters. The van der Waals surface area contributed by atoms with E-state index in [-0.39, 0.29) is 6.10 Å². The van der Waals surface area contributed by atoms with Crippen LogP contribution in [0.1, 0.15) is 55.6 Å². The Morgan fingerprint density at radius 1 is 1.11 bits per heavy atom. The zero-order valence-electron chi connectivity index (χ0n) is 12.3. The fourth-order valence-corrected chi connectivity index (χ4v) is 2.38. The first-order valence-corrected chi connectivity index (χ1v) is 6.50. The molecule has 1 aromatic rings. The minimum atomic E-state index is -0.0513. The van der Waals surface area contributed by atoms with Gasteiger partial charge in [-0.15, -0.1) is 0 Å². The van der Waals surface area contributed by atoms with Crippen LogP contribution in [0.5, 0.6) is 0 Å². The predicted octanol–water partition coefficient (Wildman–Crippen LogP) is 2.50. The summed E-state index contributed by atoms with van der Waals surface area (Å²) < 4.78 is 5.48. The highest BCUT2D eigenvalue weighted by Crippen LogP contribution is 2.26. The Bertz CT molecular complexity index is 381. The topological polar surface area (TPSA) is 61.0 Å². The lowest BCUT2D eigenvalue weighted by molar-refractivity contribution is 0.0571. The molecule has 4 nitrogen and oxygen atoms in total. The third kappa shape index (κ3) is 3.06. The van der Waals surface area contributed by atoms with Gasteiger partial charge < -0.3 is 10.5 Å². The molecule has 4 heteroatoms. The van der Waals surface area contributed by atoms with Gasteiger partial charge in [0.2, 0.25) is 0 Å². The van der Waals surface area contributed by atoms with Gasteiger partial charge in [-0.1, -0.05) is 20.8 Å². The second-order valence-corrected chi connectivity index (χ2v) is 5.20. The Morgan fingerprint density at radius 3 is 1.94 bits per heavy atom. The van der Waals surface area contributed by atoms with Crippen molar-refractivity contribution in [3.05, 3.63) is 22.8 Å². The number of ether oxygens (including phenoxy) is 1. The highest BCUT2D eigenvalue weighted by atomic mass is 16.5. The number of hydrogen-bond donors (Lipinski definition) is 1. The monoisotopic (exact) mass is 251 g/mol. The smallest absolute Gasteiger partial charge is 0.157 e. The van der Waals surface area contributed by atoms with E-state index in [2.05, 4.69) is 30.7 Å². The molecule has 0 radical (unpaired) electrons. The number of rotatable bonds is 5. The standard InChI is InChI=1S/C14H25N3O/c1-8(2)13(18-6)14-16-10(4)12(9(3)7-15)11(5)17-14/h8-9,13H,7,15H2,1-6H3. The van der Waals surface area contributed by atoms with Crippen molar-refractivity contribution in [3.63, 3.8) is 0 Å². The van der Waals surface area contributed by atoms with Crippen LogP contribution in [0.25, 0.3) is 0 Å². The first-order valence-electron chi connectivity index (χ1n) is 6.50. The van der Waals surface area contributed by atoms with Crippen LogP contribution >= 0.6 is 0 Å². The molecule has 18 heavy (non-hydrogen) atoms. The molecule has 102 valence electrons. The predicted molar refractivity (Wildman–Crippen MR) is 73.6 cm³/mol. The van der Waals surface area contributed by atoms with Gasteiger partial charge in [-0.2, -0.15) is 0 Å². The molecule has 0 amide bonds. The highest BCUT2D eigenvalue weighted by Gasteiger charge is 2.21. The fourth-order valence-electron chi connectivity index (χ4n) is 2.38. The van der Waals surface area contributed by atoms with E-state index >= 15 is 0 Å². The second kappa shape index (κ2) is 6.25. The molecule has 0 saturated heterocycles. The van der Waals surface area contributed by atoms with E-state index < -0.39 is 0 Å². The molecule has 0 spiro atoms. The summed E-state index contributed by atoms with van der Waals surface area (Å²) in [7, 11) is 1.70. The second-order valence-electron chi connectivity index (χ2n) is 5.20. The molecule has 0 bridgehead atoms. The third-order valence-electron chi connectivity index (χ3n) is 3.30. The maximum Gasteiger partial charge on any atom is 0.157 e. The molecule has 2 N–H and O–H groups in total. The summed E-state index contributed by atoms with van der Waals surface area (Å²) >= 11 is 0. The van der Waals surface area contributed by atoms with Crippen molar-refractivity contribution in [2.75, 3.05) is 13.7 Å². The van der Waals surface area contributed by atoms with Crippen molar-refractivity contribution in [2.24, 2.45) is 11.7 Å². The lowest BCUT2D eigenvalue weighted by Gasteiger charge is -2.21. The average Bonchev–Trinajstić information content (AvgIpc) is 2.28. The number of nitrogens with two attached hydrogens (primary N) is 1. The Morgan fingerprint density at radius 2 is 1.61 bits per heavy atom. The first-order chi connectivity index (χ1) is 8.42. The van der Waals surface area contributed by atoms with Gasteiger partial charge in [0.15, 0.2) is 5.82 Å². The maximum absolute atomic E-state index is 5.73. The number of methoxy groups -OCH3 is 1. The molecular weight excluding hydrogens is 226 g/mol. The van der Waals surface area contributed by atoms with E-state index in [0.29, 0.717) is 18.4 Å². The van der Waals surface area contributed by atoms with E-state index in [4.69, 9.17) is 10.5 Å². The number of nitrogens with zero attached hydrogens (tertiary/aromatic N) is 2. The summed E-state index contributed by atoms with van der Waals surface area (Å²) in [6.45, 7) is 11.0. The molecule has 0 fully saturated rings. The molecule has 1 heterocycles. The Labute approximate surface area is 110 Å². The summed E-state index contributed by atoms with van der Waals surface area (Å²) in [6.07, 6.45) is -0.0513. The molecule has 1 aromatic heterocycles. The minimum Gasteiger partial charge on any atom is -0.373 e. The molecule has 0 aliphatic rings. The van der Waals surface area contributed by atoms with Gasteiger partial charge in [0.1, 0.15) is 6.10 Å². The SMILES string of the molecule is COC(c1nc(C)c(C(C)CN)c(C)n1)C(C)C. The van der Waals surface area contributed by atoms with Crippen molar-refractivity contribution in [1.29, 1.82) is 0 Å². The molecule has 2 atom stereocenters. The zero-order valence-corrected chi connectivity index (χ0v) is 12.3. The van der Waals surface area contributed by atoms with Crippen molar-refractivity contribution >= 4 is 0 Å². The summed E-state index contributed by atoms with van der Waals surface area (Å²) in [6, 6.07) is 0. The van der Waals surface area contributed by atoms with Crippen molar-refractivity contribution in [3.8, 4) is 0 Å². The summed E-state index contributed by atoms with van der Waals surface area (Å²) in [4.78, 5) is 9.21. The molecule has 0 aliphatic carbocycles. The normalized spacial score (nSPS) is 14.9. The number of aryl methyl sites for hydroxylation is 2. The summed E-state index contributed by atoms with van der Waals surface area (Å²) in [5.74, 6) is 1.42. The fraction of sp³-hybridized carbons (Fsp3) is 0.714. The molecule has 0 aromatic carbocycles. The molecule has 0 aliphatic heterocycles. The summed E-state index contributed by atoms with van der Waals surface area (Å²) in [5.41, 5.74) is 8.92. The van der Waals surface area contributed by atoms with Crippen LogP contribution in [-0.2, 0) is 4.74 Å². The van der Waals surface area contributed by atoms with Crippen LogP contribution in [0.15, 0.2) is 0 Å². The van der Waals surface area contributed by atoms with Crippen LogP contribution in [0.3, 0.4) is 0 Å². The number of aromatic nitrogens is 2. The van der Waals surface area contributed by atoms with Gasteiger partial charge in [0.25, 0.3) is 0 Å². The van der Waals surface area contributed by atoms with Crippen LogP contribution in [-0.4, -0.2) is 23.6 Å². The van der Waals surface area contributed by atoms with Crippen molar-refractivity contribution in [2.45, 2.75) is 46.6 Å². The van der Waals surface area contributed by atoms with E-state index in [1.54, 1.807) is 7.11 Å². The van der Waals surface area contributed by atoms with Crippen molar-refractivity contribution in [1.82, 2.24) is 9.97 Å². The van der Waals surface area contributed by atoms with E-state index in [1.165, 1.54) is 5.56 Å². The third-order valence-corrected chi connectivity index (χ3v) is 3.30.